The van der Waals surface area contributed by atoms with Gasteiger partial charge in [-0.3, -0.25) is 9.80 Å². The minimum atomic E-state index is 0.359. The van der Waals surface area contributed by atoms with Gasteiger partial charge in [0.1, 0.15) is 0 Å². The Morgan fingerprint density at radius 3 is 2.88 bits per heavy atom. The first-order valence-corrected chi connectivity index (χ1v) is 6.92. The molecule has 3 nitrogen and oxygen atoms in total. The first kappa shape index (κ1) is 12.3. The zero-order chi connectivity index (χ0) is 11.5. The second-order valence-corrected chi connectivity index (χ2v) is 5.64. The van der Waals surface area contributed by atoms with Crippen LogP contribution in [0.5, 0.6) is 0 Å². The van der Waals surface area contributed by atoms with Gasteiger partial charge < -0.3 is 5.73 Å². The van der Waals surface area contributed by atoms with Crippen molar-refractivity contribution in [2.75, 3.05) is 32.7 Å². The van der Waals surface area contributed by atoms with Crippen LogP contribution in [0, 0.1) is 5.92 Å². The van der Waals surface area contributed by atoms with Gasteiger partial charge in [0.25, 0.3) is 0 Å². The maximum Gasteiger partial charge on any atom is 0.0224 e. The normalized spacial score (nSPS) is 31.3. The lowest BCUT2D eigenvalue weighted by Crippen LogP contribution is -2.53. The molecule has 2 aliphatic heterocycles. The summed E-state index contributed by atoms with van der Waals surface area (Å²) in [6, 6.07) is 1.19. The molecule has 94 valence electrons. The first-order chi connectivity index (χ1) is 7.70. The van der Waals surface area contributed by atoms with E-state index in [4.69, 9.17) is 5.73 Å². The van der Waals surface area contributed by atoms with Crippen LogP contribution in [-0.2, 0) is 0 Å². The van der Waals surface area contributed by atoms with Gasteiger partial charge >= 0.3 is 0 Å². The lowest BCUT2D eigenvalue weighted by atomic mass is 9.99. The Morgan fingerprint density at radius 2 is 2.12 bits per heavy atom. The molecule has 0 spiro atoms. The minimum absolute atomic E-state index is 0.359. The maximum atomic E-state index is 6.24. The van der Waals surface area contributed by atoms with Crippen LogP contribution in [0.2, 0.25) is 0 Å². The first-order valence-electron chi connectivity index (χ1n) is 6.92. The number of nitrogens with zero attached hydrogens (tertiary/aromatic N) is 2. The van der Waals surface area contributed by atoms with E-state index in [1.54, 1.807) is 0 Å². The van der Waals surface area contributed by atoms with Crippen LogP contribution in [-0.4, -0.2) is 54.6 Å². The van der Waals surface area contributed by atoms with Crippen molar-refractivity contribution in [2.45, 2.75) is 45.2 Å². The Bertz CT molecular complexity index is 219. The van der Waals surface area contributed by atoms with Gasteiger partial charge in [0, 0.05) is 38.3 Å². The third-order valence-electron chi connectivity index (χ3n) is 4.52. The molecule has 0 aromatic rings. The molecule has 0 bridgehead atoms. The maximum absolute atomic E-state index is 6.24. The molecule has 3 unspecified atom stereocenters. The van der Waals surface area contributed by atoms with Crippen molar-refractivity contribution in [1.82, 2.24) is 9.80 Å². The van der Waals surface area contributed by atoms with Crippen LogP contribution in [0.1, 0.15) is 33.1 Å². The van der Waals surface area contributed by atoms with Crippen LogP contribution >= 0.6 is 0 Å². The third kappa shape index (κ3) is 2.76. The number of hydrogen-bond acceptors (Lipinski definition) is 3. The fourth-order valence-electron chi connectivity index (χ4n) is 3.00. The van der Waals surface area contributed by atoms with Gasteiger partial charge in [-0.05, 0) is 25.3 Å². The van der Waals surface area contributed by atoms with Crippen molar-refractivity contribution < 1.29 is 0 Å². The molecule has 2 heterocycles. The SMILES string of the molecule is CCC(C)C(N)CN1CCN2CCCC2C1. The zero-order valence-corrected chi connectivity index (χ0v) is 10.9. The van der Waals surface area contributed by atoms with E-state index in [1.807, 2.05) is 0 Å². The predicted octanol–water partition coefficient (Wildman–Crippen LogP) is 1.14. The van der Waals surface area contributed by atoms with Gasteiger partial charge in [-0.25, -0.2) is 0 Å². The molecular weight excluding hydrogens is 198 g/mol. The quantitative estimate of drug-likeness (QED) is 0.779. The van der Waals surface area contributed by atoms with E-state index >= 15 is 0 Å². The van der Waals surface area contributed by atoms with E-state index < -0.39 is 0 Å². The largest absolute Gasteiger partial charge is 0.326 e. The number of piperazine rings is 1. The van der Waals surface area contributed by atoms with Crippen molar-refractivity contribution in [2.24, 2.45) is 11.7 Å². The third-order valence-corrected chi connectivity index (χ3v) is 4.52. The van der Waals surface area contributed by atoms with Crippen molar-refractivity contribution >= 4 is 0 Å². The van der Waals surface area contributed by atoms with Gasteiger partial charge in [-0.15, -0.1) is 0 Å². The fourth-order valence-corrected chi connectivity index (χ4v) is 3.00. The van der Waals surface area contributed by atoms with Crippen molar-refractivity contribution in [3.63, 3.8) is 0 Å². The van der Waals surface area contributed by atoms with Crippen LogP contribution < -0.4 is 5.73 Å². The van der Waals surface area contributed by atoms with E-state index in [0.29, 0.717) is 12.0 Å². The highest BCUT2D eigenvalue weighted by atomic mass is 15.3. The van der Waals surface area contributed by atoms with Gasteiger partial charge in [-0.2, -0.15) is 0 Å². The van der Waals surface area contributed by atoms with Crippen LogP contribution in [0.25, 0.3) is 0 Å². The van der Waals surface area contributed by atoms with E-state index in [0.717, 1.165) is 12.6 Å². The Kier molecular flexibility index (Phi) is 4.22. The lowest BCUT2D eigenvalue weighted by molar-refractivity contribution is 0.0948. The summed E-state index contributed by atoms with van der Waals surface area (Å²) in [4.78, 5) is 5.24. The summed E-state index contributed by atoms with van der Waals surface area (Å²) >= 11 is 0. The summed E-state index contributed by atoms with van der Waals surface area (Å²) in [7, 11) is 0. The molecule has 2 rings (SSSR count). The van der Waals surface area contributed by atoms with Crippen molar-refractivity contribution in [3.8, 4) is 0 Å². The van der Waals surface area contributed by atoms with Crippen molar-refractivity contribution in [1.29, 1.82) is 0 Å². The van der Waals surface area contributed by atoms with Gasteiger partial charge in [0.15, 0.2) is 0 Å². The Hall–Kier alpha value is -0.120. The summed E-state index contributed by atoms with van der Waals surface area (Å²) in [6.45, 7) is 10.7. The number of hydrogen-bond donors (Lipinski definition) is 1. The highest BCUT2D eigenvalue weighted by Gasteiger charge is 2.31. The predicted molar refractivity (Wildman–Crippen MR) is 68.5 cm³/mol. The van der Waals surface area contributed by atoms with Crippen LogP contribution in [0.15, 0.2) is 0 Å². The number of fused-ring (bicyclic) bond motifs is 1. The molecule has 2 N–H and O–H groups in total. The fraction of sp³-hybridized carbons (Fsp3) is 1.00. The summed E-state index contributed by atoms with van der Waals surface area (Å²) in [5, 5.41) is 0. The molecular formula is C13H27N3. The summed E-state index contributed by atoms with van der Waals surface area (Å²) in [5.41, 5.74) is 6.24. The second kappa shape index (κ2) is 5.48. The van der Waals surface area contributed by atoms with Crippen LogP contribution in [0.4, 0.5) is 0 Å². The van der Waals surface area contributed by atoms with E-state index in [-0.39, 0.29) is 0 Å². The molecule has 3 heteroatoms. The molecule has 0 aliphatic carbocycles. The van der Waals surface area contributed by atoms with Gasteiger partial charge in [0.2, 0.25) is 0 Å². The molecule has 0 amide bonds. The topological polar surface area (TPSA) is 32.5 Å². The standard InChI is InChI=1S/C13H27N3/c1-3-11(2)13(14)10-15-7-8-16-6-4-5-12(16)9-15/h11-13H,3-10,14H2,1-2H3. The highest BCUT2D eigenvalue weighted by molar-refractivity contribution is 4.88. The number of rotatable bonds is 4. The summed E-state index contributed by atoms with van der Waals surface area (Å²) in [5.74, 6) is 0.654. The molecule has 0 aromatic heterocycles. The molecule has 2 aliphatic rings. The zero-order valence-electron chi connectivity index (χ0n) is 10.9. The Balaban J connectivity index is 1.78. The van der Waals surface area contributed by atoms with E-state index in [2.05, 4.69) is 23.6 Å². The van der Waals surface area contributed by atoms with Crippen molar-refractivity contribution in [3.05, 3.63) is 0 Å². The Morgan fingerprint density at radius 1 is 1.31 bits per heavy atom. The van der Waals surface area contributed by atoms with E-state index in [1.165, 1.54) is 45.4 Å². The van der Waals surface area contributed by atoms with E-state index in [9.17, 15) is 0 Å². The molecule has 2 fully saturated rings. The van der Waals surface area contributed by atoms with Gasteiger partial charge in [-0.1, -0.05) is 20.3 Å². The average molecular weight is 225 g/mol. The molecule has 0 radical (unpaired) electrons. The molecule has 0 aromatic carbocycles. The smallest absolute Gasteiger partial charge is 0.0224 e. The molecule has 16 heavy (non-hydrogen) atoms. The average Bonchev–Trinajstić information content (AvgIpc) is 2.75. The Labute approximate surface area is 100.0 Å². The lowest BCUT2D eigenvalue weighted by Gasteiger charge is -2.39. The summed E-state index contributed by atoms with van der Waals surface area (Å²) in [6.07, 6.45) is 4.00. The minimum Gasteiger partial charge on any atom is -0.326 e. The molecule has 0 saturated carbocycles. The summed E-state index contributed by atoms with van der Waals surface area (Å²) < 4.78 is 0. The second-order valence-electron chi connectivity index (χ2n) is 5.64. The molecule has 2 saturated heterocycles. The number of nitrogens with two attached hydrogens (primary N) is 1. The van der Waals surface area contributed by atoms with Crippen LogP contribution in [0.3, 0.4) is 0 Å². The molecule has 3 atom stereocenters. The highest BCUT2D eigenvalue weighted by Crippen LogP contribution is 2.21. The van der Waals surface area contributed by atoms with Gasteiger partial charge in [0.05, 0.1) is 0 Å². The monoisotopic (exact) mass is 225 g/mol.